The van der Waals surface area contributed by atoms with Crippen molar-refractivity contribution in [2.45, 2.75) is 102 Å². The quantitative estimate of drug-likeness (QED) is 0.0288. The maximum absolute atomic E-state index is 13.1. The molecule has 0 bridgehead atoms. The number of phenols is 1. The summed E-state index contributed by atoms with van der Waals surface area (Å²) in [6, 6.07) is 23.1. The fourth-order valence-corrected chi connectivity index (χ4v) is 9.46. The van der Waals surface area contributed by atoms with Gasteiger partial charge in [-0.2, -0.15) is 0 Å². The van der Waals surface area contributed by atoms with Gasteiger partial charge in [0.2, 0.25) is 0 Å². The number of aliphatic hydroxyl groups excluding tert-OH is 1. The van der Waals surface area contributed by atoms with E-state index < -0.39 is 6.79 Å². The Morgan fingerprint density at radius 2 is 1.69 bits per heavy atom. The molecule has 3 aliphatic rings. The summed E-state index contributed by atoms with van der Waals surface area (Å²) in [5, 5.41) is 30.6. The Bertz CT molecular complexity index is 1910. The molecule has 5 atom stereocenters. The number of hydrogen-bond donors (Lipinski definition) is 6. The van der Waals surface area contributed by atoms with E-state index in [-0.39, 0.29) is 35.7 Å². The molecule has 2 heterocycles. The molecule has 9 nitrogen and oxygen atoms in total. The maximum atomic E-state index is 13.1. The molecule has 0 amide bonds. The van der Waals surface area contributed by atoms with Crippen molar-refractivity contribution in [3.8, 4) is 11.5 Å². The lowest BCUT2D eigenvalue weighted by molar-refractivity contribution is -0.124. The molecule has 1 saturated carbocycles. The Labute approximate surface area is 345 Å². The number of ether oxygens (including phenoxy) is 1. The van der Waals surface area contributed by atoms with Crippen molar-refractivity contribution < 1.29 is 24.5 Å². The average molecular weight is 789 g/mol. The van der Waals surface area contributed by atoms with Gasteiger partial charge in [0.1, 0.15) is 5.78 Å². The molecule has 5 unspecified atom stereocenters. The van der Waals surface area contributed by atoms with Crippen LogP contribution in [0.25, 0.3) is 6.08 Å². The SMILES string of the molecule is CNC1CCC2CNCCC2C1CCCCCC(=O)CC(=O)C=Cc1cc(OCO)c(O)cc1CC1=CNC(N)C=C1CCc1cccc(CCc2ccccc2)c1. The third kappa shape index (κ3) is 12.5. The van der Waals surface area contributed by atoms with E-state index in [4.69, 9.17) is 10.5 Å². The molecular weight excluding hydrogens is 725 g/mol. The van der Waals surface area contributed by atoms with Gasteiger partial charge in [0.05, 0.1) is 12.6 Å². The van der Waals surface area contributed by atoms with E-state index in [1.54, 1.807) is 18.2 Å². The smallest absolute Gasteiger partial charge is 0.186 e. The van der Waals surface area contributed by atoms with Crippen LogP contribution in [0.1, 0.15) is 92.0 Å². The van der Waals surface area contributed by atoms with Gasteiger partial charge in [-0.05, 0) is 165 Å². The normalized spacial score (nSPS) is 21.8. The monoisotopic (exact) mass is 788 g/mol. The van der Waals surface area contributed by atoms with Crippen molar-refractivity contribution in [1.82, 2.24) is 16.0 Å². The van der Waals surface area contributed by atoms with Crippen LogP contribution in [0, 0.1) is 17.8 Å². The zero-order valence-electron chi connectivity index (χ0n) is 34.3. The van der Waals surface area contributed by atoms with Gasteiger partial charge in [0.25, 0.3) is 0 Å². The van der Waals surface area contributed by atoms with Crippen LogP contribution in [0.3, 0.4) is 0 Å². The second kappa shape index (κ2) is 22.0. The number of dihydropyridines is 1. The highest BCUT2D eigenvalue weighted by Gasteiger charge is 2.39. The number of carbonyl (C=O) groups excluding carboxylic acids is 2. The van der Waals surface area contributed by atoms with Gasteiger partial charge in [-0.1, -0.05) is 73.5 Å². The summed E-state index contributed by atoms with van der Waals surface area (Å²) < 4.78 is 5.28. The third-order valence-electron chi connectivity index (χ3n) is 12.6. The highest BCUT2D eigenvalue weighted by molar-refractivity contribution is 6.06. The molecule has 9 heteroatoms. The minimum atomic E-state index is -0.605. The Morgan fingerprint density at radius 1 is 0.914 bits per heavy atom. The number of allylic oxidation sites excluding steroid dienone is 3. The number of Topliss-reactive ketones (excluding diaryl/α,β-unsaturated/α-hetero) is 1. The number of aromatic hydroxyl groups is 1. The van der Waals surface area contributed by atoms with Crippen LogP contribution < -0.4 is 26.4 Å². The van der Waals surface area contributed by atoms with E-state index in [1.165, 1.54) is 48.4 Å². The lowest BCUT2D eigenvalue weighted by atomic mass is 9.65. The summed E-state index contributed by atoms with van der Waals surface area (Å²) >= 11 is 0. The molecule has 0 spiro atoms. The maximum Gasteiger partial charge on any atom is 0.186 e. The predicted octanol–water partition coefficient (Wildman–Crippen LogP) is 7.10. The number of hydrogen-bond acceptors (Lipinski definition) is 9. The molecule has 1 saturated heterocycles. The molecule has 0 aromatic heterocycles. The van der Waals surface area contributed by atoms with E-state index in [2.05, 4.69) is 71.5 Å². The number of benzene rings is 3. The van der Waals surface area contributed by atoms with Crippen LogP contribution in [-0.2, 0) is 35.3 Å². The minimum absolute atomic E-state index is 0.0413. The summed E-state index contributed by atoms with van der Waals surface area (Å²) in [5.41, 5.74) is 13.8. The van der Waals surface area contributed by atoms with Gasteiger partial charge in [-0.15, -0.1) is 0 Å². The van der Waals surface area contributed by atoms with Crippen molar-refractivity contribution in [2.24, 2.45) is 23.5 Å². The first-order valence-electron chi connectivity index (χ1n) is 21.5. The first-order chi connectivity index (χ1) is 28.3. The van der Waals surface area contributed by atoms with E-state index >= 15 is 0 Å². The number of fused-ring (bicyclic) bond motifs is 1. The number of ketones is 2. The number of nitrogens with one attached hydrogen (secondary N) is 3. The number of phenolic OH excluding ortho intramolecular Hbond substituents is 1. The van der Waals surface area contributed by atoms with E-state index in [1.807, 2.05) is 18.3 Å². The van der Waals surface area contributed by atoms with Crippen LogP contribution in [0.15, 0.2) is 96.2 Å². The zero-order chi connectivity index (χ0) is 40.7. The molecule has 3 aromatic carbocycles. The van der Waals surface area contributed by atoms with Crippen molar-refractivity contribution >= 4 is 17.6 Å². The molecule has 7 N–H and O–H groups in total. The van der Waals surface area contributed by atoms with Gasteiger partial charge in [0, 0.05) is 18.7 Å². The van der Waals surface area contributed by atoms with E-state index in [0.29, 0.717) is 30.4 Å². The molecular formula is C49H64N4O5. The molecule has 6 rings (SSSR count). The van der Waals surface area contributed by atoms with Gasteiger partial charge in [-0.25, -0.2) is 0 Å². The van der Waals surface area contributed by atoms with Crippen LogP contribution in [0.2, 0.25) is 0 Å². The second-order valence-corrected chi connectivity index (χ2v) is 16.5. The van der Waals surface area contributed by atoms with Gasteiger partial charge in [-0.3, -0.25) is 9.59 Å². The number of aryl methyl sites for hydroxylation is 3. The molecule has 3 aromatic rings. The molecule has 310 valence electrons. The van der Waals surface area contributed by atoms with E-state index in [9.17, 15) is 19.8 Å². The topological polar surface area (TPSA) is 146 Å². The number of aliphatic hydroxyl groups is 1. The highest BCUT2D eigenvalue weighted by Crippen LogP contribution is 2.41. The Morgan fingerprint density at radius 3 is 2.48 bits per heavy atom. The Hall–Kier alpha value is -4.54. The van der Waals surface area contributed by atoms with Crippen LogP contribution in [0.5, 0.6) is 11.5 Å². The van der Waals surface area contributed by atoms with Gasteiger partial charge < -0.3 is 36.6 Å². The summed E-state index contributed by atoms with van der Waals surface area (Å²) in [7, 11) is 2.10. The molecule has 0 radical (unpaired) electrons. The predicted molar refractivity (Wildman–Crippen MR) is 232 cm³/mol. The largest absolute Gasteiger partial charge is 0.504 e. The van der Waals surface area contributed by atoms with Crippen molar-refractivity contribution in [3.63, 3.8) is 0 Å². The number of unbranched alkanes of at least 4 members (excludes halogenated alkanes) is 2. The number of nitrogens with two attached hydrogens (primary N) is 1. The standard InChI is InChI=1S/C49H64N4O5/c1-51-46-22-20-39-31-52-24-23-44(39)45(46)14-7-3-6-13-42(55)30-43(56)21-19-37-28-48(58-33-54)47(57)27-40(37)26-41-32-53-49(50)29-38(41)18-17-36-12-8-11-35(25-36)16-15-34-9-4-2-5-10-34/h2,4-5,8-12,19,21,25,27-29,32,39,44-46,49,51-54,57H,3,6-7,13-18,20,22-24,26,30-31,33,50H2,1H3. The molecule has 1 aliphatic carbocycles. The minimum Gasteiger partial charge on any atom is -0.504 e. The van der Waals surface area contributed by atoms with E-state index in [0.717, 1.165) is 86.6 Å². The lowest BCUT2D eigenvalue weighted by Gasteiger charge is -2.46. The van der Waals surface area contributed by atoms with Crippen LogP contribution >= 0.6 is 0 Å². The van der Waals surface area contributed by atoms with Crippen molar-refractivity contribution in [2.75, 3.05) is 26.9 Å². The summed E-state index contributed by atoms with van der Waals surface area (Å²) in [6.07, 6.45) is 19.0. The Kier molecular flexibility index (Phi) is 16.3. The Balaban J connectivity index is 1.02. The van der Waals surface area contributed by atoms with Gasteiger partial charge >= 0.3 is 0 Å². The number of rotatable bonds is 21. The lowest BCUT2D eigenvalue weighted by Crippen LogP contribution is -2.50. The summed E-state index contributed by atoms with van der Waals surface area (Å²) in [4.78, 5) is 25.9. The van der Waals surface area contributed by atoms with Crippen LogP contribution in [-0.4, -0.2) is 60.9 Å². The van der Waals surface area contributed by atoms with Crippen LogP contribution in [0.4, 0.5) is 0 Å². The summed E-state index contributed by atoms with van der Waals surface area (Å²) in [5.74, 6) is 1.98. The first-order valence-corrected chi connectivity index (χ1v) is 21.5. The molecule has 2 fully saturated rings. The molecule has 2 aliphatic heterocycles. The third-order valence-corrected chi connectivity index (χ3v) is 12.6. The van der Waals surface area contributed by atoms with Gasteiger partial charge in [0.15, 0.2) is 24.1 Å². The van der Waals surface area contributed by atoms with Crippen molar-refractivity contribution in [1.29, 1.82) is 0 Å². The number of piperidine rings is 1. The zero-order valence-corrected chi connectivity index (χ0v) is 34.3. The molecule has 58 heavy (non-hydrogen) atoms. The van der Waals surface area contributed by atoms with Crippen molar-refractivity contribution in [3.05, 3.63) is 124 Å². The highest BCUT2D eigenvalue weighted by atomic mass is 16.6. The average Bonchev–Trinajstić information content (AvgIpc) is 3.23. The fraction of sp³-hybridized carbons (Fsp3) is 0.469. The first kappa shape index (κ1) is 43.0. The fourth-order valence-electron chi connectivity index (χ4n) is 9.46. The summed E-state index contributed by atoms with van der Waals surface area (Å²) in [6.45, 7) is 1.66. The number of carbonyl (C=O) groups is 2. The second-order valence-electron chi connectivity index (χ2n) is 16.5.